The highest BCUT2D eigenvalue weighted by Crippen LogP contribution is 2.21. The molecule has 0 saturated carbocycles. The zero-order valence-electron chi connectivity index (χ0n) is 9.64. The van der Waals surface area contributed by atoms with Crippen LogP contribution in [0.4, 0.5) is 5.69 Å². The van der Waals surface area contributed by atoms with E-state index in [1.165, 1.54) is 11.3 Å². The smallest absolute Gasteiger partial charge is 0.256 e. The van der Waals surface area contributed by atoms with Gasteiger partial charge in [-0.1, -0.05) is 0 Å². The summed E-state index contributed by atoms with van der Waals surface area (Å²) in [7, 11) is 0. The molecule has 0 unspecified atom stereocenters. The largest absolute Gasteiger partial charge is 0.478 e. The van der Waals surface area contributed by atoms with Gasteiger partial charge in [0.2, 0.25) is 5.88 Å². The summed E-state index contributed by atoms with van der Waals surface area (Å²) in [4.78, 5) is 15.9. The van der Waals surface area contributed by atoms with Crippen molar-refractivity contribution >= 4 is 38.9 Å². The maximum atomic E-state index is 11.9. The summed E-state index contributed by atoms with van der Waals surface area (Å²) >= 11 is 4.79. The number of thiophene rings is 1. The molecule has 4 nitrogen and oxygen atoms in total. The van der Waals surface area contributed by atoms with Crippen molar-refractivity contribution in [1.82, 2.24) is 4.98 Å². The number of rotatable bonds is 4. The zero-order chi connectivity index (χ0) is 13.0. The fourth-order valence-corrected chi connectivity index (χ4v) is 2.46. The quantitative estimate of drug-likeness (QED) is 0.934. The highest BCUT2D eigenvalue weighted by molar-refractivity contribution is 9.11. The molecule has 0 aliphatic rings. The highest BCUT2D eigenvalue weighted by atomic mass is 79.9. The molecule has 2 aromatic heterocycles. The molecule has 0 aromatic carbocycles. The summed E-state index contributed by atoms with van der Waals surface area (Å²) in [5.41, 5.74) is 1.27. The predicted molar refractivity (Wildman–Crippen MR) is 75.4 cm³/mol. The van der Waals surface area contributed by atoms with Crippen LogP contribution in [0.25, 0.3) is 0 Å². The maximum Gasteiger partial charge on any atom is 0.256 e. The number of carbonyl (C=O) groups is 1. The van der Waals surface area contributed by atoms with E-state index in [1.807, 2.05) is 6.92 Å². The third-order valence-electron chi connectivity index (χ3n) is 2.12. The molecule has 6 heteroatoms. The average Bonchev–Trinajstić information content (AvgIpc) is 2.79. The van der Waals surface area contributed by atoms with E-state index in [-0.39, 0.29) is 5.91 Å². The normalized spacial score (nSPS) is 10.1. The molecule has 0 bridgehead atoms. The topological polar surface area (TPSA) is 51.2 Å². The van der Waals surface area contributed by atoms with Crippen LogP contribution in [0.1, 0.15) is 17.3 Å². The summed E-state index contributed by atoms with van der Waals surface area (Å²) in [6.45, 7) is 2.47. The number of carbonyl (C=O) groups excluding carboxylic acids is 1. The van der Waals surface area contributed by atoms with E-state index in [1.54, 1.807) is 29.8 Å². The van der Waals surface area contributed by atoms with Gasteiger partial charge in [0.15, 0.2) is 0 Å². The molecule has 0 atom stereocenters. The van der Waals surface area contributed by atoms with Crippen molar-refractivity contribution in [2.75, 3.05) is 11.9 Å². The second kappa shape index (κ2) is 5.97. The molecular formula is C12H11BrN2O2S. The fraction of sp³-hybridized carbons (Fsp3) is 0.167. The van der Waals surface area contributed by atoms with Crippen LogP contribution in [0.3, 0.4) is 0 Å². The Balaban J connectivity index is 2.03. The van der Waals surface area contributed by atoms with Crippen molar-refractivity contribution in [2.24, 2.45) is 0 Å². The molecule has 0 aliphatic heterocycles. The lowest BCUT2D eigenvalue weighted by Gasteiger charge is -2.05. The van der Waals surface area contributed by atoms with E-state index in [2.05, 4.69) is 26.2 Å². The van der Waals surface area contributed by atoms with Gasteiger partial charge in [-0.15, -0.1) is 11.3 Å². The monoisotopic (exact) mass is 326 g/mol. The second-order valence-electron chi connectivity index (χ2n) is 3.41. The van der Waals surface area contributed by atoms with E-state index < -0.39 is 0 Å². The Morgan fingerprint density at radius 1 is 1.56 bits per heavy atom. The van der Waals surface area contributed by atoms with Crippen LogP contribution >= 0.6 is 27.3 Å². The molecule has 2 heterocycles. The van der Waals surface area contributed by atoms with Crippen molar-refractivity contribution in [2.45, 2.75) is 6.92 Å². The van der Waals surface area contributed by atoms with Gasteiger partial charge >= 0.3 is 0 Å². The number of amides is 1. The first-order valence-corrected chi connectivity index (χ1v) is 7.00. The Morgan fingerprint density at radius 3 is 2.94 bits per heavy atom. The number of nitrogens with one attached hydrogen (secondary N) is 1. The summed E-state index contributed by atoms with van der Waals surface area (Å²) < 4.78 is 6.15. The van der Waals surface area contributed by atoms with E-state index in [0.717, 1.165) is 3.79 Å². The van der Waals surface area contributed by atoms with E-state index in [4.69, 9.17) is 4.74 Å². The minimum Gasteiger partial charge on any atom is -0.478 e. The van der Waals surface area contributed by atoms with Crippen molar-refractivity contribution in [3.63, 3.8) is 0 Å². The summed E-state index contributed by atoms with van der Waals surface area (Å²) in [5.74, 6) is 0.400. The van der Waals surface area contributed by atoms with Gasteiger partial charge in [0.05, 0.1) is 27.8 Å². The van der Waals surface area contributed by atoms with Crippen LogP contribution in [0.5, 0.6) is 5.88 Å². The molecule has 1 N–H and O–H groups in total. The minimum absolute atomic E-state index is 0.150. The number of ether oxygens (including phenoxy) is 1. The van der Waals surface area contributed by atoms with Crippen molar-refractivity contribution in [3.8, 4) is 5.88 Å². The van der Waals surface area contributed by atoms with Gasteiger partial charge in [0.25, 0.3) is 5.91 Å². The lowest BCUT2D eigenvalue weighted by Crippen LogP contribution is -2.11. The van der Waals surface area contributed by atoms with Crippen LogP contribution in [0, 0.1) is 0 Å². The predicted octanol–water partition coefficient (Wildman–Crippen LogP) is 3.56. The van der Waals surface area contributed by atoms with Gasteiger partial charge in [-0.3, -0.25) is 4.79 Å². The highest BCUT2D eigenvalue weighted by Gasteiger charge is 2.08. The van der Waals surface area contributed by atoms with Crippen LogP contribution in [0.2, 0.25) is 0 Å². The molecule has 18 heavy (non-hydrogen) atoms. The van der Waals surface area contributed by atoms with Crippen molar-refractivity contribution < 1.29 is 9.53 Å². The van der Waals surface area contributed by atoms with Crippen LogP contribution in [-0.4, -0.2) is 17.5 Å². The van der Waals surface area contributed by atoms with E-state index in [0.29, 0.717) is 23.7 Å². The van der Waals surface area contributed by atoms with Crippen molar-refractivity contribution in [1.29, 1.82) is 0 Å². The Kier molecular flexibility index (Phi) is 4.33. The third-order valence-corrected chi connectivity index (χ3v) is 3.62. The first kappa shape index (κ1) is 13.0. The minimum atomic E-state index is -0.150. The Bertz CT molecular complexity index is 539. The van der Waals surface area contributed by atoms with Gasteiger partial charge in [-0.05, 0) is 35.0 Å². The number of pyridine rings is 1. The molecule has 2 rings (SSSR count). The number of halogens is 1. The number of anilines is 1. The summed E-state index contributed by atoms with van der Waals surface area (Å²) in [6, 6.07) is 5.27. The molecule has 2 aromatic rings. The molecule has 0 aliphatic carbocycles. The Labute approximate surface area is 117 Å². The first-order valence-electron chi connectivity index (χ1n) is 5.33. The van der Waals surface area contributed by atoms with Crippen LogP contribution < -0.4 is 10.1 Å². The van der Waals surface area contributed by atoms with Crippen LogP contribution in [-0.2, 0) is 0 Å². The molecular weight excluding hydrogens is 316 g/mol. The molecule has 94 valence electrons. The van der Waals surface area contributed by atoms with Gasteiger partial charge in [0, 0.05) is 11.4 Å². The average molecular weight is 327 g/mol. The number of hydrogen-bond donors (Lipinski definition) is 1. The summed E-state index contributed by atoms with van der Waals surface area (Å²) in [6.07, 6.45) is 1.57. The molecule has 0 saturated heterocycles. The van der Waals surface area contributed by atoms with Gasteiger partial charge < -0.3 is 10.1 Å². The van der Waals surface area contributed by atoms with E-state index >= 15 is 0 Å². The molecule has 0 spiro atoms. The fourth-order valence-electron chi connectivity index (χ4n) is 1.32. The maximum absolute atomic E-state index is 11.9. The van der Waals surface area contributed by atoms with E-state index in [9.17, 15) is 4.79 Å². The standard InChI is InChI=1S/C12H11BrN2O2S/c1-2-17-11-4-3-9(6-14-11)15-12(16)8-5-10(13)18-7-8/h3-7H,2H2,1H3,(H,15,16). The third kappa shape index (κ3) is 3.30. The first-order chi connectivity index (χ1) is 8.69. The number of nitrogens with zero attached hydrogens (tertiary/aromatic N) is 1. The van der Waals surface area contributed by atoms with Gasteiger partial charge in [-0.25, -0.2) is 4.98 Å². The second-order valence-corrected chi connectivity index (χ2v) is 5.70. The summed E-state index contributed by atoms with van der Waals surface area (Å²) in [5, 5.41) is 4.56. The van der Waals surface area contributed by atoms with Crippen molar-refractivity contribution in [3.05, 3.63) is 39.1 Å². The lowest BCUT2D eigenvalue weighted by molar-refractivity contribution is 0.102. The number of hydrogen-bond acceptors (Lipinski definition) is 4. The SMILES string of the molecule is CCOc1ccc(NC(=O)c2csc(Br)c2)cn1. The molecule has 1 amide bonds. The van der Waals surface area contributed by atoms with Gasteiger partial charge in [-0.2, -0.15) is 0 Å². The Hall–Kier alpha value is -1.40. The van der Waals surface area contributed by atoms with Gasteiger partial charge in [0.1, 0.15) is 0 Å². The zero-order valence-corrected chi connectivity index (χ0v) is 12.0. The Morgan fingerprint density at radius 2 is 2.39 bits per heavy atom. The number of aromatic nitrogens is 1. The molecule has 0 fully saturated rings. The lowest BCUT2D eigenvalue weighted by atomic mass is 10.3. The molecule has 0 radical (unpaired) electrons. The van der Waals surface area contributed by atoms with Crippen LogP contribution in [0.15, 0.2) is 33.6 Å².